The van der Waals surface area contributed by atoms with Gasteiger partial charge in [-0.25, -0.2) is 15.4 Å². The minimum Gasteiger partial charge on any atom is -0.490 e. The van der Waals surface area contributed by atoms with Crippen LogP contribution in [0.5, 0.6) is 0 Å². The molecule has 0 radical (unpaired) electrons. The molecule has 0 aromatic heterocycles. The number of amides is 3. The Labute approximate surface area is 242 Å². The smallest absolute Gasteiger partial charge is 0.421 e. The number of rotatable bonds is 14. The lowest BCUT2D eigenvalue weighted by atomic mass is 9.86. The average Bonchev–Trinajstić information content (AvgIpc) is 2.92. The number of cyclic esters (lactones) is 1. The van der Waals surface area contributed by atoms with Gasteiger partial charge in [-0.1, -0.05) is 68.9 Å². The van der Waals surface area contributed by atoms with E-state index in [1.54, 1.807) is 24.3 Å². The fraction of sp³-hybridized carbons (Fsp3) is 0.467. The normalized spacial score (nSPS) is 17.8. The summed E-state index contributed by atoms with van der Waals surface area (Å²) in [6.45, 7) is 9.31. The molecule has 0 bridgehead atoms. The topological polar surface area (TPSA) is 158 Å². The van der Waals surface area contributed by atoms with Crippen LogP contribution in [0.2, 0.25) is 0 Å². The molecule has 5 N–H and O–H groups in total. The van der Waals surface area contributed by atoms with E-state index < -0.39 is 35.5 Å². The molecule has 11 nitrogen and oxygen atoms in total. The van der Waals surface area contributed by atoms with Gasteiger partial charge in [-0.15, -0.1) is 0 Å². The summed E-state index contributed by atoms with van der Waals surface area (Å²) < 4.78 is 15.5. The van der Waals surface area contributed by atoms with Crippen LogP contribution in [0.4, 0.5) is 4.79 Å². The lowest BCUT2D eigenvalue weighted by Crippen LogP contribution is -2.52. The Morgan fingerprint density at radius 3 is 2.46 bits per heavy atom. The first-order chi connectivity index (χ1) is 19.4. The molecule has 0 saturated carbocycles. The van der Waals surface area contributed by atoms with Crippen LogP contribution in [-0.2, 0) is 28.6 Å². The van der Waals surface area contributed by atoms with Crippen LogP contribution >= 0.6 is 0 Å². The van der Waals surface area contributed by atoms with E-state index in [9.17, 15) is 19.2 Å². The van der Waals surface area contributed by atoms with E-state index in [1.165, 1.54) is 19.4 Å². The summed E-state index contributed by atoms with van der Waals surface area (Å²) in [5.41, 5.74) is 2.30. The second-order valence-electron chi connectivity index (χ2n) is 10.4. The van der Waals surface area contributed by atoms with Crippen LogP contribution in [0, 0.1) is 5.41 Å². The van der Waals surface area contributed by atoms with Crippen LogP contribution in [0.25, 0.3) is 0 Å². The van der Waals surface area contributed by atoms with Crippen LogP contribution in [0.1, 0.15) is 60.3 Å². The zero-order chi connectivity index (χ0) is 30.8. The molecule has 1 aliphatic rings. The summed E-state index contributed by atoms with van der Waals surface area (Å²) in [6, 6.07) is -0.807. The van der Waals surface area contributed by atoms with E-state index in [-0.39, 0.29) is 17.8 Å². The van der Waals surface area contributed by atoms with Crippen molar-refractivity contribution in [1.29, 1.82) is 0 Å². The number of carbonyl (C=O) groups excluding carboxylic acids is 4. The van der Waals surface area contributed by atoms with Gasteiger partial charge >= 0.3 is 12.1 Å². The highest BCUT2D eigenvalue weighted by molar-refractivity contribution is 5.93. The van der Waals surface area contributed by atoms with E-state index >= 15 is 0 Å². The van der Waals surface area contributed by atoms with Gasteiger partial charge in [-0.2, -0.15) is 0 Å². The highest BCUT2D eigenvalue weighted by Crippen LogP contribution is 2.20. The molecule has 0 spiro atoms. The van der Waals surface area contributed by atoms with Crippen molar-refractivity contribution < 1.29 is 33.4 Å². The number of allylic oxidation sites excluding steroid dienone is 5. The van der Waals surface area contributed by atoms with Gasteiger partial charge in [0.1, 0.15) is 18.2 Å². The quantitative estimate of drug-likeness (QED) is 0.0466. The Morgan fingerprint density at radius 1 is 1.17 bits per heavy atom. The lowest BCUT2D eigenvalue weighted by molar-refractivity contribution is -0.149. The van der Waals surface area contributed by atoms with Crippen molar-refractivity contribution in [2.24, 2.45) is 11.3 Å². The molecule has 41 heavy (non-hydrogen) atoms. The Hall–Kier alpha value is -4.12. The Kier molecular flexibility index (Phi) is 15.6. The number of esters is 1. The van der Waals surface area contributed by atoms with Crippen molar-refractivity contribution in [3.63, 3.8) is 0 Å². The lowest BCUT2D eigenvalue weighted by Gasteiger charge is -2.29. The number of nitrogens with two attached hydrogens (primary N) is 1. The third-order valence-electron chi connectivity index (χ3n) is 5.86. The number of hydrazine groups is 1. The number of hydrogen-bond acceptors (Lipinski definition) is 8. The van der Waals surface area contributed by atoms with E-state index in [2.05, 4.69) is 10.6 Å². The number of carbonyl (C=O) groups is 4. The van der Waals surface area contributed by atoms with Gasteiger partial charge in [0, 0.05) is 31.8 Å². The fourth-order valence-corrected chi connectivity index (χ4v) is 3.60. The van der Waals surface area contributed by atoms with Crippen molar-refractivity contribution in [3.05, 3.63) is 72.2 Å². The monoisotopic (exact) mass is 572 g/mol. The first-order valence-corrected chi connectivity index (χ1v) is 13.4. The maximum atomic E-state index is 12.9. The first-order valence-electron chi connectivity index (χ1n) is 13.4. The minimum absolute atomic E-state index is 0.225. The largest absolute Gasteiger partial charge is 0.490 e. The molecule has 0 fully saturated rings. The molecule has 1 aliphatic heterocycles. The van der Waals surface area contributed by atoms with Crippen LogP contribution < -0.4 is 21.9 Å². The Bertz CT molecular complexity index is 1080. The maximum absolute atomic E-state index is 12.9. The number of ether oxygens (including phenoxy) is 3. The molecule has 0 aromatic carbocycles. The third kappa shape index (κ3) is 14.2. The van der Waals surface area contributed by atoms with E-state index in [4.69, 9.17) is 20.1 Å². The molecule has 3 amide bonds. The summed E-state index contributed by atoms with van der Waals surface area (Å²) in [5.74, 6) is 4.04. The number of methoxy groups -OCH3 is 1. The molecule has 3 unspecified atom stereocenters. The summed E-state index contributed by atoms with van der Waals surface area (Å²) in [6.07, 6.45) is 17.5. The first kappa shape index (κ1) is 34.9. The Balaban J connectivity index is 2.64. The number of hydrogen-bond donors (Lipinski definition) is 4. The molecule has 1 rings (SSSR count). The zero-order valence-electron chi connectivity index (χ0n) is 24.8. The van der Waals surface area contributed by atoms with E-state index in [0.717, 1.165) is 5.57 Å². The van der Waals surface area contributed by atoms with Gasteiger partial charge in [0.25, 0.3) is 0 Å². The molecule has 3 atom stereocenters. The van der Waals surface area contributed by atoms with Gasteiger partial charge in [-0.05, 0) is 31.5 Å². The summed E-state index contributed by atoms with van der Waals surface area (Å²) in [4.78, 5) is 48.6. The van der Waals surface area contributed by atoms with Crippen molar-refractivity contribution in [2.75, 3.05) is 7.11 Å². The summed E-state index contributed by atoms with van der Waals surface area (Å²) >= 11 is 0. The predicted molar refractivity (Wildman–Crippen MR) is 157 cm³/mol. The van der Waals surface area contributed by atoms with Crippen molar-refractivity contribution in [3.8, 4) is 0 Å². The van der Waals surface area contributed by atoms with Crippen molar-refractivity contribution in [1.82, 2.24) is 16.1 Å². The standard InChI is InChI=1S/C30H44N4O7/c1-7-8-13-22(41-29(38)34-31)14-11-20-32-27(36)26(30(3,4)5)33-25(35)15-10-9-12-21(2)16-17-23-18-19-24(39-6)28(37)40-23/h7-12,15-16,19-20,22-23,26H,13-14,17-18,31H2,1-6H3,(H,32,36)(H,33,35)(H,34,38)/b8-7-,12-9-,15-10-,20-11-,21-16+. The molecular formula is C30H44N4O7. The summed E-state index contributed by atoms with van der Waals surface area (Å²) in [7, 11) is 1.43. The molecule has 0 aliphatic carbocycles. The zero-order valence-corrected chi connectivity index (χ0v) is 24.8. The summed E-state index contributed by atoms with van der Waals surface area (Å²) in [5, 5.41) is 5.44. The van der Waals surface area contributed by atoms with Crippen LogP contribution in [-0.4, -0.2) is 49.2 Å². The van der Waals surface area contributed by atoms with Crippen molar-refractivity contribution in [2.45, 2.75) is 78.6 Å². The van der Waals surface area contributed by atoms with Crippen LogP contribution in [0.3, 0.4) is 0 Å². The highest BCUT2D eigenvalue weighted by Gasteiger charge is 2.32. The van der Waals surface area contributed by atoms with Crippen LogP contribution in [0.15, 0.2) is 72.2 Å². The molecule has 226 valence electrons. The molecule has 0 aromatic rings. The second-order valence-corrected chi connectivity index (χ2v) is 10.4. The molecule has 11 heteroatoms. The van der Waals surface area contributed by atoms with Gasteiger partial charge in [0.2, 0.25) is 11.8 Å². The molecule has 1 heterocycles. The molecular weight excluding hydrogens is 528 g/mol. The van der Waals surface area contributed by atoms with Gasteiger partial charge < -0.3 is 24.8 Å². The van der Waals surface area contributed by atoms with Gasteiger partial charge in [0.05, 0.1) is 7.11 Å². The predicted octanol–water partition coefficient (Wildman–Crippen LogP) is 3.77. The van der Waals surface area contributed by atoms with Gasteiger partial charge in [0.15, 0.2) is 5.76 Å². The second kappa shape index (κ2) is 18.3. The minimum atomic E-state index is -0.807. The average molecular weight is 573 g/mol. The fourth-order valence-electron chi connectivity index (χ4n) is 3.60. The SMILES string of the molecule is C/C=C\CC(C/C=C\NC(=O)C(NC(=O)\C=C/C=C\C(C)=C\CC1CC=C(OC)C(=O)O1)C(C)(C)C)OC(=O)NN. The third-order valence-corrected chi connectivity index (χ3v) is 5.86. The maximum Gasteiger partial charge on any atom is 0.421 e. The van der Waals surface area contributed by atoms with Crippen molar-refractivity contribution >= 4 is 23.9 Å². The highest BCUT2D eigenvalue weighted by atomic mass is 16.6. The van der Waals surface area contributed by atoms with E-state index in [1.807, 2.05) is 64.3 Å². The van der Waals surface area contributed by atoms with Gasteiger partial charge in [-0.3, -0.25) is 15.0 Å². The molecule has 0 saturated heterocycles. The van der Waals surface area contributed by atoms with E-state index in [0.29, 0.717) is 25.7 Å². The number of nitrogens with one attached hydrogen (secondary N) is 3. The Morgan fingerprint density at radius 2 is 1.85 bits per heavy atom.